The third-order valence-corrected chi connectivity index (χ3v) is 4.87. The maximum absolute atomic E-state index is 10.1. The molecule has 2 aromatic carbocycles. The van der Waals surface area contributed by atoms with Crippen molar-refractivity contribution in [2.24, 2.45) is 10.2 Å². The van der Waals surface area contributed by atoms with E-state index in [1.165, 1.54) is 14.0 Å². The van der Waals surface area contributed by atoms with E-state index < -0.39 is 5.91 Å². The van der Waals surface area contributed by atoms with Gasteiger partial charge in [-0.15, -0.1) is 4.91 Å². The molecule has 0 unspecified atom stereocenters. The Morgan fingerprint density at radius 3 is 2.16 bits per heavy atom. The van der Waals surface area contributed by atoms with Gasteiger partial charge in [-0.05, 0) is 61.4 Å². The summed E-state index contributed by atoms with van der Waals surface area (Å²) in [5, 5.41) is 3.45. The van der Waals surface area contributed by atoms with Crippen LogP contribution in [0.15, 0.2) is 64.8 Å². The minimum Gasteiger partial charge on any atom is -0.495 e. The van der Waals surface area contributed by atoms with Gasteiger partial charge in [-0.1, -0.05) is 41.4 Å². The van der Waals surface area contributed by atoms with Crippen LogP contribution in [-0.4, -0.2) is 30.8 Å². The molecule has 0 spiro atoms. The van der Waals surface area contributed by atoms with E-state index >= 15 is 0 Å². The summed E-state index contributed by atoms with van der Waals surface area (Å²) in [5.41, 5.74) is 5.12. The van der Waals surface area contributed by atoms with Crippen LogP contribution < -0.4 is 4.74 Å². The highest BCUT2D eigenvalue weighted by Gasteiger charge is 2.08. The summed E-state index contributed by atoms with van der Waals surface area (Å²) in [7, 11) is 3.04. The first-order chi connectivity index (χ1) is 14.8. The predicted octanol–water partition coefficient (Wildman–Crippen LogP) is 6.41. The van der Waals surface area contributed by atoms with Gasteiger partial charge in [-0.3, -0.25) is 14.8 Å². The number of methoxy groups -OCH3 is 1. The summed E-state index contributed by atoms with van der Waals surface area (Å²) in [5.74, 6) is -0.140. The zero-order valence-electron chi connectivity index (χ0n) is 17.5. The van der Waals surface area contributed by atoms with Crippen molar-refractivity contribution in [1.29, 1.82) is 0 Å². The number of hydrogen-bond acceptors (Lipinski definition) is 5. The number of rotatable bonds is 4. The lowest BCUT2D eigenvalue weighted by Crippen LogP contribution is -2.04. The van der Waals surface area contributed by atoms with Gasteiger partial charge in [0.2, 0.25) is 0 Å². The second-order valence-electron chi connectivity index (χ2n) is 6.44. The van der Waals surface area contributed by atoms with Crippen molar-refractivity contribution in [3.63, 3.8) is 0 Å². The molecular weight excluding hydrogens is 437 g/mol. The largest absolute Gasteiger partial charge is 0.495 e. The Hall–Kier alpha value is -3.09. The van der Waals surface area contributed by atoms with E-state index in [0.717, 1.165) is 28.1 Å². The van der Waals surface area contributed by atoms with Crippen LogP contribution in [0.25, 0.3) is 22.4 Å². The molecule has 0 aliphatic carbocycles. The van der Waals surface area contributed by atoms with E-state index in [1.807, 2.05) is 55.5 Å². The standard InChI is InChI=1S/C19H15Cl2NO.C4H6N2O2/c1-12-9-15(14-5-8-17(21)19(11-14)23-2)10-18(22-12)13-3-6-16(20)7-4-13;1-3(5-2)4(7)6-8/h3-11H,1-2H3;1-2H3. The lowest BCUT2D eigenvalue weighted by molar-refractivity contribution is -0.111. The van der Waals surface area contributed by atoms with E-state index in [1.54, 1.807) is 7.11 Å². The summed E-state index contributed by atoms with van der Waals surface area (Å²) in [4.78, 5) is 27.6. The van der Waals surface area contributed by atoms with E-state index in [9.17, 15) is 9.70 Å². The Morgan fingerprint density at radius 2 is 1.61 bits per heavy atom. The van der Waals surface area contributed by atoms with Gasteiger partial charge in [-0.2, -0.15) is 0 Å². The number of aromatic nitrogens is 1. The summed E-state index contributed by atoms with van der Waals surface area (Å²) < 4.78 is 5.30. The number of pyridine rings is 1. The molecule has 31 heavy (non-hydrogen) atoms. The number of carbonyl (C=O) groups is 1. The molecular formula is C23H21Cl2N3O3. The number of hydrogen-bond donors (Lipinski definition) is 0. The molecule has 1 amide bonds. The summed E-state index contributed by atoms with van der Waals surface area (Å²) in [6, 6.07) is 17.5. The van der Waals surface area contributed by atoms with Gasteiger partial charge < -0.3 is 4.74 Å². The molecule has 0 N–H and O–H groups in total. The number of aliphatic imine (C=N–C) groups is 1. The highest BCUT2D eigenvalue weighted by molar-refractivity contribution is 6.38. The van der Waals surface area contributed by atoms with Crippen molar-refractivity contribution in [1.82, 2.24) is 4.98 Å². The van der Waals surface area contributed by atoms with Gasteiger partial charge in [0, 0.05) is 28.5 Å². The average molecular weight is 458 g/mol. The zero-order valence-corrected chi connectivity index (χ0v) is 19.0. The second kappa shape index (κ2) is 11.3. The van der Waals surface area contributed by atoms with Crippen LogP contribution in [0.4, 0.5) is 0 Å². The Balaban J connectivity index is 0.000000366. The second-order valence-corrected chi connectivity index (χ2v) is 7.29. The van der Waals surface area contributed by atoms with E-state index in [2.05, 4.69) is 21.2 Å². The summed E-state index contributed by atoms with van der Waals surface area (Å²) in [6.07, 6.45) is 0. The lowest BCUT2D eigenvalue weighted by Gasteiger charge is -2.10. The number of ether oxygens (including phenoxy) is 1. The van der Waals surface area contributed by atoms with Gasteiger partial charge in [0.1, 0.15) is 11.5 Å². The maximum Gasteiger partial charge on any atom is 0.330 e. The molecule has 0 bridgehead atoms. The molecule has 0 radical (unpaired) electrons. The first kappa shape index (κ1) is 24.2. The highest BCUT2D eigenvalue weighted by atomic mass is 35.5. The minimum absolute atomic E-state index is 0.139. The third kappa shape index (κ3) is 6.70. The van der Waals surface area contributed by atoms with Gasteiger partial charge in [-0.25, -0.2) is 0 Å². The normalized spacial score (nSPS) is 10.7. The number of amides is 1. The molecule has 6 nitrogen and oxygen atoms in total. The van der Waals surface area contributed by atoms with Crippen molar-refractivity contribution in [3.8, 4) is 28.1 Å². The maximum atomic E-state index is 10.1. The van der Waals surface area contributed by atoms with E-state index in [-0.39, 0.29) is 5.71 Å². The van der Waals surface area contributed by atoms with Gasteiger partial charge in [0.05, 0.1) is 17.8 Å². The fourth-order valence-corrected chi connectivity index (χ4v) is 2.93. The molecule has 0 atom stereocenters. The molecule has 0 aliphatic heterocycles. The minimum atomic E-state index is -0.799. The Bertz CT molecular complexity index is 1110. The van der Waals surface area contributed by atoms with Crippen LogP contribution in [-0.2, 0) is 4.79 Å². The van der Waals surface area contributed by atoms with Crippen LogP contribution in [0.1, 0.15) is 12.6 Å². The quantitative estimate of drug-likeness (QED) is 0.334. The third-order valence-electron chi connectivity index (χ3n) is 4.31. The molecule has 0 saturated carbocycles. The number of carbonyl (C=O) groups excluding carboxylic acids is 1. The molecule has 3 aromatic rings. The number of nitroso groups, excluding NO2 is 1. The number of halogens is 2. The van der Waals surface area contributed by atoms with Gasteiger partial charge >= 0.3 is 5.91 Å². The van der Waals surface area contributed by atoms with Crippen molar-refractivity contribution in [2.75, 3.05) is 14.2 Å². The Labute approximate surface area is 190 Å². The molecule has 0 fully saturated rings. The van der Waals surface area contributed by atoms with Crippen molar-refractivity contribution in [3.05, 3.63) is 75.2 Å². The van der Waals surface area contributed by atoms with Crippen molar-refractivity contribution < 1.29 is 9.53 Å². The van der Waals surface area contributed by atoms with Crippen LogP contribution in [0.5, 0.6) is 5.75 Å². The molecule has 160 valence electrons. The summed E-state index contributed by atoms with van der Waals surface area (Å²) >= 11 is 12.1. The fraction of sp³-hybridized carbons (Fsp3) is 0.174. The highest BCUT2D eigenvalue weighted by Crippen LogP contribution is 2.32. The van der Waals surface area contributed by atoms with Crippen molar-refractivity contribution >= 4 is 34.8 Å². The zero-order chi connectivity index (χ0) is 23.0. The smallest absolute Gasteiger partial charge is 0.330 e. The molecule has 1 heterocycles. The van der Waals surface area contributed by atoms with E-state index in [4.69, 9.17) is 27.9 Å². The number of nitrogens with zero attached hydrogens (tertiary/aromatic N) is 3. The lowest BCUT2D eigenvalue weighted by atomic mass is 10.0. The van der Waals surface area contributed by atoms with Gasteiger partial charge in [0.15, 0.2) is 0 Å². The number of aryl methyl sites for hydroxylation is 1. The molecule has 8 heteroatoms. The van der Waals surface area contributed by atoms with Crippen molar-refractivity contribution in [2.45, 2.75) is 13.8 Å². The SMILES string of the molecule is CN=C(C)C(=O)N=O.COc1cc(-c2cc(C)nc(-c3ccc(Cl)cc3)c2)ccc1Cl. The molecule has 3 rings (SSSR count). The first-order valence-electron chi connectivity index (χ1n) is 9.18. The summed E-state index contributed by atoms with van der Waals surface area (Å²) in [6.45, 7) is 3.42. The molecule has 0 saturated heterocycles. The molecule has 0 aliphatic rings. The average Bonchev–Trinajstić information content (AvgIpc) is 2.78. The predicted molar refractivity (Wildman–Crippen MR) is 126 cm³/mol. The van der Waals surface area contributed by atoms with Gasteiger partial charge in [0.25, 0.3) is 0 Å². The first-order valence-corrected chi connectivity index (χ1v) is 9.94. The molecule has 1 aromatic heterocycles. The topological polar surface area (TPSA) is 81.0 Å². The number of benzene rings is 2. The van der Waals surface area contributed by atoms with Crippen LogP contribution >= 0.6 is 23.2 Å². The fourth-order valence-electron chi connectivity index (χ4n) is 2.60. The Kier molecular flexibility index (Phi) is 8.85. The van der Waals surface area contributed by atoms with E-state index in [0.29, 0.717) is 15.8 Å². The van der Waals surface area contributed by atoms with Crippen LogP contribution in [0.3, 0.4) is 0 Å². The van der Waals surface area contributed by atoms with Crippen LogP contribution in [0.2, 0.25) is 10.0 Å². The monoisotopic (exact) mass is 457 g/mol. The Morgan fingerprint density at radius 1 is 0.968 bits per heavy atom. The van der Waals surface area contributed by atoms with Crippen LogP contribution in [0, 0.1) is 11.8 Å².